The van der Waals surface area contributed by atoms with Crippen LogP contribution in [0.1, 0.15) is 10.4 Å². The van der Waals surface area contributed by atoms with Gasteiger partial charge in [-0.2, -0.15) is 0 Å². The molecular formula is C13H15FN2OS. The summed E-state index contributed by atoms with van der Waals surface area (Å²) < 4.78 is 13.9. The number of likely N-dealkylation sites (N-methyl/N-ethyl adjacent to an activating group) is 1. The van der Waals surface area contributed by atoms with Gasteiger partial charge < -0.3 is 10.0 Å². The minimum absolute atomic E-state index is 0.281. The molecule has 2 heterocycles. The average Bonchev–Trinajstić information content (AvgIpc) is 2.89. The van der Waals surface area contributed by atoms with E-state index in [1.807, 2.05) is 11.4 Å². The first-order valence-electron chi connectivity index (χ1n) is 5.70. The lowest BCUT2D eigenvalue weighted by molar-refractivity contribution is 0.275. The first-order chi connectivity index (χ1) is 8.72. The highest BCUT2D eigenvalue weighted by atomic mass is 32.1. The van der Waals surface area contributed by atoms with Crippen molar-refractivity contribution in [1.29, 1.82) is 0 Å². The maximum atomic E-state index is 13.9. The van der Waals surface area contributed by atoms with E-state index >= 15 is 0 Å². The lowest BCUT2D eigenvalue weighted by atomic mass is 10.2. The quantitative estimate of drug-likeness (QED) is 0.903. The van der Waals surface area contributed by atoms with Gasteiger partial charge in [0.2, 0.25) is 0 Å². The maximum Gasteiger partial charge on any atom is 0.171 e. The minimum Gasteiger partial charge on any atom is -0.392 e. The second-order valence-electron chi connectivity index (χ2n) is 4.02. The molecule has 0 unspecified atom stereocenters. The lowest BCUT2D eigenvalue weighted by Crippen LogP contribution is -2.22. The molecule has 18 heavy (non-hydrogen) atoms. The van der Waals surface area contributed by atoms with Crippen molar-refractivity contribution in [2.75, 3.05) is 18.5 Å². The average molecular weight is 266 g/mol. The number of thiophene rings is 1. The Hall–Kier alpha value is -1.46. The van der Waals surface area contributed by atoms with E-state index in [1.54, 1.807) is 23.3 Å². The summed E-state index contributed by atoms with van der Waals surface area (Å²) in [6.45, 7) is 0.388. The summed E-state index contributed by atoms with van der Waals surface area (Å²) in [7, 11) is 1.81. The number of hydrogen-bond acceptors (Lipinski definition) is 4. The Kier molecular flexibility index (Phi) is 4.28. The zero-order valence-corrected chi connectivity index (χ0v) is 11.0. The molecule has 2 aromatic rings. The Morgan fingerprint density at radius 3 is 2.94 bits per heavy atom. The molecule has 2 rings (SSSR count). The van der Waals surface area contributed by atoms with Crippen LogP contribution in [0.4, 0.5) is 10.2 Å². The number of aliphatic hydroxyl groups excluding tert-OH is 1. The highest BCUT2D eigenvalue weighted by molar-refractivity contribution is 7.09. The largest absolute Gasteiger partial charge is 0.392 e. The summed E-state index contributed by atoms with van der Waals surface area (Å²) in [4.78, 5) is 7.07. The van der Waals surface area contributed by atoms with E-state index in [4.69, 9.17) is 5.11 Å². The summed E-state index contributed by atoms with van der Waals surface area (Å²) >= 11 is 1.69. The Labute approximate surface area is 110 Å². The van der Waals surface area contributed by atoms with Crippen LogP contribution in [-0.4, -0.2) is 23.7 Å². The fourth-order valence-electron chi connectivity index (χ4n) is 1.70. The number of aromatic nitrogens is 1. The Morgan fingerprint density at radius 1 is 1.44 bits per heavy atom. The first-order valence-corrected chi connectivity index (χ1v) is 6.58. The van der Waals surface area contributed by atoms with Crippen LogP contribution in [0.2, 0.25) is 0 Å². The number of nitrogens with zero attached hydrogens (tertiary/aromatic N) is 2. The number of hydrogen-bond donors (Lipinski definition) is 1. The third kappa shape index (κ3) is 2.86. The van der Waals surface area contributed by atoms with Crippen LogP contribution in [0.3, 0.4) is 0 Å². The number of halogens is 1. The number of pyridine rings is 1. The van der Waals surface area contributed by atoms with Crippen LogP contribution in [0.15, 0.2) is 29.8 Å². The molecule has 1 N–H and O–H groups in total. The van der Waals surface area contributed by atoms with E-state index in [0.29, 0.717) is 6.54 Å². The summed E-state index contributed by atoms with van der Waals surface area (Å²) in [5.74, 6) is -0.146. The van der Waals surface area contributed by atoms with Gasteiger partial charge in [0.15, 0.2) is 11.6 Å². The van der Waals surface area contributed by atoms with Crippen molar-refractivity contribution in [3.63, 3.8) is 0 Å². The molecule has 0 aliphatic rings. The van der Waals surface area contributed by atoms with Gasteiger partial charge in [-0.1, -0.05) is 6.07 Å². The van der Waals surface area contributed by atoms with Gasteiger partial charge in [0.25, 0.3) is 0 Å². The third-order valence-corrected chi connectivity index (χ3v) is 3.69. The van der Waals surface area contributed by atoms with Crippen molar-refractivity contribution < 1.29 is 9.50 Å². The van der Waals surface area contributed by atoms with E-state index in [1.165, 1.54) is 17.1 Å². The van der Waals surface area contributed by atoms with Gasteiger partial charge in [0.1, 0.15) is 0 Å². The van der Waals surface area contributed by atoms with E-state index in [9.17, 15) is 4.39 Å². The molecule has 5 heteroatoms. The molecule has 3 nitrogen and oxygen atoms in total. The molecule has 0 atom stereocenters. The van der Waals surface area contributed by atoms with Crippen LogP contribution in [0.25, 0.3) is 0 Å². The molecule has 0 spiro atoms. The molecule has 0 amide bonds. The lowest BCUT2D eigenvalue weighted by Gasteiger charge is -2.19. The zero-order chi connectivity index (χ0) is 13.0. The molecular weight excluding hydrogens is 251 g/mol. The highest BCUT2D eigenvalue weighted by Gasteiger charge is 2.12. The van der Waals surface area contributed by atoms with Crippen molar-refractivity contribution in [3.8, 4) is 0 Å². The molecule has 0 fully saturated rings. The van der Waals surface area contributed by atoms with Gasteiger partial charge in [-0.05, 0) is 23.9 Å². The van der Waals surface area contributed by atoms with E-state index in [-0.39, 0.29) is 18.0 Å². The van der Waals surface area contributed by atoms with Crippen molar-refractivity contribution in [3.05, 3.63) is 46.0 Å². The van der Waals surface area contributed by atoms with Gasteiger partial charge in [-0.25, -0.2) is 9.37 Å². The standard InChI is InChI=1S/C13H15FN2OS/c1-16(7-5-11-3-2-8-18-11)13-12(14)10(9-17)4-6-15-13/h2-4,6,8,17H,5,7,9H2,1H3. The fourth-order valence-corrected chi connectivity index (χ4v) is 2.40. The molecule has 0 saturated heterocycles. The molecule has 0 aromatic carbocycles. The van der Waals surface area contributed by atoms with E-state index < -0.39 is 5.82 Å². The van der Waals surface area contributed by atoms with Crippen molar-refractivity contribution >= 4 is 17.2 Å². The number of rotatable bonds is 5. The van der Waals surface area contributed by atoms with Gasteiger partial charge in [-0.3, -0.25) is 0 Å². The predicted molar refractivity (Wildman–Crippen MR) is 71.4 cm³/mol. The molecule has 0 radical (unpaired) electrons. The molecule has 0 aliphatic carbocycles. The van der Waals surface area contributed by atoms with Crippen LogP contribution in [-0.2, 0) is 13.0 Å². The third-order valence-electron chi connectivity index (χ3n) is 2.76. The van der Waals surface area contributed by atoms with E-state index in [2.05, 4.69) is 11.1 Å². The number of anilines is 1. The SMILES string of the molecule is CN(CCc1cccs1)c1nccc(CO)c1F. The molecule has 96 valence electrons. The minimum atomic E-state index is -0.436. The van der Waals surface area contributed by atoms with Crippen LogP contribution in [0, 0.1) is 5.82 Å². The second kappa shape index (κ2) is 5.93. The number of aliphatic hydroxyl groups is 1. The van der Waals surface area contributed by atoms with E-state index in [0.717, 1.165) is 6.42 Å². The molecule has 0 bridgehead atoms. The first kappa shape index (κ1) is 13.0. The van der Waals surface area contributed by atoms with Crippen LogP contribution < -0.4 is 4.90 Å². The second-order valence-corrected chi connectivity index (χ2v) is 5.05. The Morgan fingerprint density at radius 2 is 2.28 bits per heavy atom. The summed E-state index contributed by atoms with van der Waals surface area (Å²) in [5, 5.41) is 11.0. The fraction of sp³-hybridized carbons (Fsp3) is 0.308. The summed E-state index contributed by atoms with van der Waals surface area (Å²) in [6, 6.07) is 5.56. The Balaban J connectivity index is 2.06. The zero-order valence-electron chi connectivity index (χ0n) is 10.1. The van der Waals surface area contributed by atoms with Gasteiger partial charge in [0, 0.05) is 30.2 Å². The topological polar surface area (TPSA) is 36.4 Å². The van der Waals surface area contributed by atoms with Crippen LogP contribution >= 0.6 is 11.3 Å². The Bertz CT molecular complexity index is 502. The van der Waals surface area contributed by atoms with Gasteiger partial charge >= 0.3 is 0 Å². The van der Waals surface area contributed by atoms with Gasteiger partial charge in [0.05, 0.1) is 6.61 Å². The molecule has 2 aromatic heterocycles. The van der Waals surface area contributed by atoms with Crippen molar-refractivity contribution in [1.82, 2.24) is 4.98 Å². The predicted octanol–water partition coefficient (Wildman–Crippen LogP) is 2.45. The summed E-state index contributed by atoms with van der Waals surface area (Å²) in [6.07, 6.45) is 2.38. The van der Waals surface area contributed by atoms with Crippen molar-refractivity contribution in [2.24, 2.45) is 0 Å². The normalized spacial score (nSPS) is 10.6. The van der Waals surface area contributed by atoms with Gasteiger partial charge in [-0.15, -0.1) is 11.3 Å². The molecule has 0 saturated carbocycles. The van der Waals surface area contributed by atoms with Crippen LogP contribution in [0.5, 0.6) is 0 Å². The highest BCUT2D eigenvalue weighted by Crippen LogP contribution is 2.19. The summed E-state index contributed by atoms with van der Waals surface area (Å²) in [5.41, 5.74) is 0.281. The monoisotopic (exact) mass is 266 g/mol. The molecule has 0 aliphatic heterocycles. The smallest absolute Gasteiger partial charge is 0.171 e. The van der Waals surface area contributed by atoms with Crippen molar-refractivity contribution in [2.45, 2.75) is 13.0 Å². The maximum absolute atomic E-state index is 13.9.